The van der Waals surface area contributed by atoms with Crippen LogP contribution in [-0.2, 0) is 0 Å². The van der Waals surface area contributed by atoms with E-state index in [4.69, 9.17) is 25.5 Å². The number of carbonyl (C=O) groups excluding carboxylic acids is 1. The number of rotatable bonds is 4. The van der Waals surface area contributed by atoms with Crippen LogP contribution in [0.25, 0.3) is 22.1 Å². The van der Waals surface area contributed by atoms with Gasteiger partial charge in [-0.1, -0.05) is 29.8 Å². The van der Waals surface area contributed by atoms with Gasteiger partial charge in [0.25, 0.3) is 0 Å². The maximum atomic E-state index is 12.2. The Labute approximate surface area is 168 Å². The van der Waals surface area contributed by atoms with Crippen LogP contribution in [-0.4, -0.2) is 13.1 Å². The predicted molar refractivity (Wildman–Crippen MR) is 109 cm³/mol. The van der Waals surface area contributed by atoms with E-state index in [0.29, 0.717) is 21.6 Å². The number of hydrogen-bond acceptors (Lipinski definition) is 6. The zero-order chi connectivity index (χ0) is 19.7. The smallest absolute Gasteiger partial charge is 0.353 e. The maximum Gasteiger partial charge on any atom is 0.353 e. The van der Waals surface area contributed by atoms with Crippen molar-refractivity contribution in [3.8, 4) is 22.6 Å². The van der Waals surface area contributed by atoms with Gasteiger partial charge in [-0.15, -0.1) is 11.3 Å². The number of fused-ring (bicyclic) bond motifs is 1. The van der Waals surface area contributed by atoms with Crippen LogP contribution in [0.1, 0.15) is 9.67 Å². The molecule has 0 saturated heterocycles. The molecule has 0 atom stereocenters. The average Bonchev–Trinajstić information content (AvgIpc) is 3.23. The van der Waals surface area contributed by atoms with Gasteiger partial charge >= 0.3 is 11.6 Å². The summed E-state index contributed by atoms with van der Waals surface area (Å²) in [5, 5.41) is 2.64. The van der Waals surface area contributed by atoms with Crippen molar-refractivity contribution >= 4 is 39.9 Å². The largest absolute Gasteiger partial charge is 0.497 e. The zero-order valence-corrected chi connectivity index (χ0v) is 16.2. The molecule has 5 nitrogen and oxygen atoms in total. The van der Waals surface area contributed by atoms with E-state index >= 15 is 0 Å². The summed E-state index contributed by atoms with van der Waals surface area (Å²) in [4.78, 5) is 24.7. The van der Waals surface area contributed by atoms with Crippen LogP contribution < -0.4 is 15.1 Å². The zero-order valence-electron chi connectivity index (χ0n) is 14.6. The Bertz CT molecular complexity index is 1210. The molecule has 28 heavy (non-hydrogen) atoms. The summed E-state index contributed by atoms with van der Waals surface area (Å²) in [5.41, 5.74) is 1.22. The number of halogens is 1. The van der Waals surface area contributed by atoms with Crippen molar-refractivity contribution < 1.29 is 18.7 Å². The molecule has 0 spiro atoms. The van der Waals surface area contributed by atoms with Gasteiger partial charge in [0, 0.05) is 17.5 Å². The van der Waals surface area contributed by atoms with Gasteiger partial charge in [-0.25, -0.2) is 9.59 Å². The SMILES string of the molecule is COc1ccc(-c2cc(=O)oc3cc(OC(=O)c4cccs4)c(Cl)cc23)cc1. The summed E-state index contributed by atoms with van der Waals surface area (Å²) < 4.78 is 15.9. The molecule has 0 N–H and O–H groups in total. The number of ether oxygens (including phenoxy) is 2. The molecule has 0 fully saturated rings. The fourth-order valence-electron chi connectivity index (χ4n) is 2.80. The molecule has 0 aliphatic carbocycles. The number of esters is 1. The Kier molecular flexibility index (Phi) is 4.90. The van der Waals surface area contributed by atoms with Gasteiger partial charge in [0.2, 0.25) is 0 Å². The van der Waals surface area contributed by atoms with Gasteiger partial charge in [0.15, 0.2) is 5.75 Å². The molecular weight excluding hydrogens is 400 g/mol. The van der Waals surface area contributed by atoms with Crippen molar-refractivity contribution in [3.63, 3.8) is 0 Å². The molecule has 2 heterocycles. The second-order valence-corrected chi connectivity index (χ2v) is 7.21. The van der Waals surface area contributed by atoms with Crippen LogP contribution in [0.4, 0.5) is 0 Å². The van der Waals surface area contributed by atoms with Crippen molar-refractivity contribution in [1.29, 1.82) is 0 Å². The van der Waals surface area contributed by atoms with Gasteiger partial charge in [0.05, 0.1) is 12.1 Å². The van der Waals surface area contributed by atoms with Gasteiger partial charge in [-0.3, -0.25) is 0 Å². The number of hydrogen-bond donors (Lipinski definition) is 0. The number of thiophene rings is 1. The number of carbonyl (C=O) groups is 1. The van der Waals surface area contributed by atoms with E-state index in [-0.39, 0.29) is 16.4 Å². The molecular formula is C21H13ClO5S. The molecule has 4 aromatic rings. The van der Waals surface area contributed by atoms with Crippen LogP contribution >= 0.6 is 22.9 Å². The molecule has 0 aliphatic rings. The van der Waals surface area contributed by atoms with Gasteiger partial charge < -0.3 is 13.9 Å². The van der Waals surface area contributed by atoms with E-state index < -0.39 is 11.6 Å². The van der Waals surface area contributed by atoms with Gasteiger partial charge in [-0.2, -0.15) is 0 Å². The number of benzene rings is 2. The molecule has 140 valence electrons. The van der Waals surface area contributed by atoms with Crippen LogP contribution in [0.15, 0.2) is 69.2 Å². The van der Waals surface area contributed by atoms with Crippen molar-refractivity contribution in [2.45, 2.75) is 0 Å². The Morgan fingerprint density at radius 2 is 1.89 bits per heavy atom. The second-order valence-electron chi connectivity index (χ2n) is 5.85. The summed E-state index contributed by atoms with van der Waals surface area (Å²) in [7, 11) is 1.58. The van der Waals surface area contributed by atoms with E-state index in [0.717, 1.165) is 5.56 Å². The lowest BCUT2D eigenvalue weighted by molar-refractivity contribution is 0.0740. The van der Waals surface area contributed by atoms with Crippen molar-refractivity contribution in [2.75, 3.05) is 7.11 Å². The molecule has 2 aromatic heterocycles. The maximum absolute atomic E-state index is 12.2. The van der Waals surface area contributed by atoms with Crippen LogP contribution in [0, 0.1) is 0 Å². The molecule has 0 amide bonds. The molecule has 2 aromatic carbocycles. The molecule has 0 aliphatic heterocycles. The first-order valence-corrected chi connectivity index (χ1v) is 9.48. The summed E-state index contributed by atoms with van der Waals surface area (Å²) in [6.07, 6.45) is 0. The highest BCUT2D eigenvalue weighted by atomic mass is 35.5. The monoisotopic (exact) mass is 412 g/mol. The lowest BCUT2D eigenvalue weighted by Crippen LogP contribution is -2.07. The molecule has 7 heteroatoms. The normalized spacial score (nSPS) is 10.8. The average molecular weight is 413 g/mol. The first-order chi connectivity index (χ1) is 13.5. The lowest BCUT2D eigenvalue weighted by atomic mass is 10.0. The second kappa shape index (κ2) is 7.50. The topological polar surface area (TPSA) is 65.7 Å². The Morgan fingerprint density at radius 3 is 2.57 bits per heavy atom. The summed E-state index contributed by atoms with van der Waals surface area (Å²) in [6, 6.07) is 15.2. The fourth-order valence-corrected chi connectivity index (χ4v) is 3.60. The highest BCUT2D eigenvalue weighted by Gasteiger charge is 2.16. The van der Waals surface area contributed by atoms with E-state index in [2.05, 4.69) is 0 Å². The Morgan fingerprint density at radius 1 is 1.11 bits per heavy atom. The first-order valence-electron chi connectivity index (χ1n) is 8.22. The van der Waals surface area contributed by atoms with Crippen molar-refractivity contribution in [2.24, 2.45) is 0 Å². The van der Waals surface area contributed by atoms with E-state index in [1.54, 1.807) is 42.8 Å². The van der Waals surface area contributed by atoms with Crippen molar-refractivity contribution in [1.82, 2.24) is 0 Å². The van der Waals surface area contributed by atoms with E-state index in [1.807, 2.05) is 12.1 Å². The quantitative estimate of drug-likeness (QED) is 0.255. The Hall–Kier alpha value is -3.09. The fraction of sp³-hybridized carbons (Fsp3) is 0.0476. The van der Waals surface area contributed by atoms with Gasteiger partial charge in [-0.05, 0) is 40.8 Å². The molecule has 0 radical (unpaired) electrons. The van der Waals surface area contributed by atoms with Crippen LogP contribution in [0.5, 0.6) is 11.5 Å². The third kappa shape index (κ3) is 3.52. The predicted octanol–water partition coefficient (Wildman–Crippen LogP) is 5.40. The molecule has 0 bridgehead atoms. The highest BCUT2D eigenvalue weighted by Crippen LogP contribution is 2.35. The van der Waals surface area contributed by atoms with E-state index in [1.165, 1.54) is 23.5 Å². The summed E-state index contributed by atoms with van der Waals surface area (Å²) in [6.45, 7) is 0. The lowest BCUT2D eigenvalue weighted by Gasteiger charge is -2.10. The third-order valence-electron chi connectivity index (χ3n) is 4.12. The Balaban J connectivity index is 1.79. The minimum atomic E-state index is -0.523. The molecule has 4 rings (SSSR count). The number of methoxy groups -OCH3 is 1. The summed E-state index contributed by atoms with van der Waals surface area (Å²) >= 11 is 7.61. The first kappa shape index (κ1) is 18.3. The van der Waals surface area contributed by atoms with Crippen LogP contribution in [0.3, 0.4) is 0 Å². The third-order valence-corrected chi connectivity index (χ3v) is 5.27. The van der Waals surface area contributed by atoms with Crippen molar-refractivity contribution in [3.05, 3.63) is 80.3 Å². The minimum absolute atomic E-state index is 0.127. The molecule has 0 unspecified atom stereocenters. The highest BCUT2D eigenvalue weighted by molar-refractivity contribution is 7.12. The summed E-state index contributed by atoms with van der Waals surface area (Å²) in [5.74, 6) is 0.310. The standard InChI is InChI=1S/C21H13ClO5S/c1-25-13-6-4-12(5-7-13)14-10-20(23)26-17-11-18(16(22)9-15(14)17)27-21(24)19-3-2-8-28-19/h2-11H,1H3. The van der Waals surface area contributed by atoms with E-state index in [9.17, 15) is 9.59 Å². The molecule has 0 saturated carbocycles. The minimum Gasteiger partial charge on any atom is -0.497 e. The van der Waals surface area contributed by atoms with Gasteiger partial charge in [0.1, 0.15) is 16.2 Å². The van der Waals surface area contributed by atoms with Crippen LogP contribution in [0.2, 0.25) is 5.02 Å².